The van der Waals surface area contributed by atoms with E-state index < -0.39 is 0 Å². The van der Waals surface area contributed by atoms with Crippen LogP contribution in [0.15, 0.2) is 53.3 Å². The Hall–Kier alpha value is -3.41. The molecule has 1 aromatic heterocycles. The molecule has 0 atom stereocenters. The standard InChI is InChI=1S/C20H19N3O3/c1-12-13(2)19(25)23-17-10-15(8-9-16(12)17)22-18(24)11-21-20(26)14-6-4-3-5-7-14/h3-10H,11H2,1-2H3,(H,21,26)(H,22,24)(H,23,25). The van der Waals surface area contributed by atoms with E-state index in [9.17, 15) is 14.4 Å². The molecule has 132 valence electrons. The van der Waals surface area contributed by atoms with Gasteiger partial charge in [0, 0.05) is 22.2 Å². The molecule has 0 unspecified atom stereocenters. The molecule has 0 saturated heterocycles. The number of hydrogen-bond donors (Lipinski definition) is 3. The SMILES string of the molecule is Cc1c(C)c2ccc(NC(=O)CNC(=O)c3ccccc3)cc2[nH]c1=O. The lowest BCUT2D eigenvalue weighted by atomic mass is 10.1. The predicted octanol–water partition coefficient (Wildman–Crippen LogP) is 2.51. The number of aromatic amines is 1. The Morgan fingerprint density at radius 2 is 1.73 bits per heavy atom. The lowest BCUT2D eigenvalue weighted by molar-refractivity contribution is -0.115. The summed E-state index contributed by atoms with van der Waals surface area (Å²) in [4.78, 5) is 38.7. The second kappa shape index (κ2) is 7.23. The highest BCUT2D eigenvalue weighted by Crippen LogP contribution is 2.20. The molecule has 0 aliphatic rings. The first-order chi connectivity index (χ1) is 12.5. The number of pyridine rings is 1. The maximum absolute atomic E-state index is 12.1. The minimum absolute atomic E-state index is 0.144. The van der Waals surface area contributed by atoms with Crippen molar-refractivity contribution in [2.75, 3.05) is 11.9 Å². The number of nitrogens with one attached hydrogen (secondary N) is 3. The fraction of sp³-hybridized carbons (Fsp3) is 0.150. The smallest absolute Gasteiger partial charge is 0.251 e. The summed E-state index contributed by atoms with van der Waals surface area (Å²) >= 11 is 0. The summed E-state index contributed by atoms with van der Waals surface area (Å²) in [6.07, 6.45) is 0. The highest BCUT2D eigenvalue weighted by atomic mass is 16.2. The Morgan fingerprint density at radius 1 is 1.00 bits per heavy atom. The number of carbonyl (C=O) groups is 2. The van der Waals surface area contributed by atoms with Gasteiger partial charge >= 0.3 is 0 Å². The maximum Gasteiger partial charge on any atom is 0.251 e. The molecule has 0 spiro atoms. The lowest BCUT2D eigenvalue weighted by Crippen LogP contribution is -2.32. The molecule has 1 heterocycles. The first-order valence-electron chi connectivity index (χ1n) is 8.22. The topological polar surface area (TPSA) is 91.1 Å². The first-order valence-corrected chi connectivity index (χ1v) is 8.22. The monoisotopic (exact) mass is 349 g/mol. The van der Waals surface area contributed by atoms with Crippen molar-refractivity contribution >= 4 is 28.4 Å². The quantitative estimate of drug-likeness (QED) is 0.676. The van der Waals surface area contributed by atoms with E-state index >= 15 is 0 Å². The van der Waals surface area contributed by atoms with Crippen molar-refractivity contribution in [2.45, 2.75) is 13.8 Å². The van der Waals surface area contributed by atoms with Gasteiger partial charge in [-0.2, -0.15) is 0 Å². The van der Waals surface area contributed by atoms with Gasteiger partial charge in [0.05, 0.1) is 12.1 Å². The number of hydrogen-bond acceptors (Lipinski definition) is 3. The van der Waals surface area contributed by atoms with Gasteiger partial charge in [-0.1, -0.05) is 24.3 Å². The molecule has 2 amide bonds. The van der Waals surface area contributed by atoms with Gasteiger partial charge in [-0.15, -0.1) is 0 Å². The van der Waals surface area contributed by atoms with Crippen molar-refractivity contribution in [2.24, 2.45) is 0 Å². The Bertz CT molecular complexity index is 1040. The molecule has 0 radical (unpaired) electrons. The highest BCUT2D eigenvalue weighted by molar-refractivity contribution is 6.00. The molecule has 26 heavy (non-hydrogen) atoms. The van der Waals surface area contributed by atoms with Crippen molar-refractivity contribution in [3.63, 3.8) is 0 Å². The summed E-state index contributed by atoms with van der Waals surface area (Å²) in [7, 11) is 0. The second-order valence-corrected chi connectivity index (χ2v) is 6.06. The Morgan fingerprint density at radius 3 is 2.46 bits per heavy atom. The van der Waals surface area contributed by atoms with Crippen LogP contribution in [-0.4, -0.2) is 23.3 Å². The Balaban J connectivity index is 1.69. The van der Waals surface area contributed by atoms with Crippen molar-refractivity contribution in [3.05, 3.63) is 75.6 Å². The molecular formula is C20H19N3O3. The van der Waals surface area contributed by atoms with E-state index in [0.29, 0.717) is 22.3 Å². The molecule has 3 rings (SSSR count). The van der Waals surface area contributed by atoms with E-state index in [4.69, 9.17) is 0 Å². The van der Waals surface area contributed by atoms with Gasteiger partial charge in [0.15, 0.2) is 0 Å². The largest absolute Gasteiger partial charge is 0.343 e. The van der Waals surface area contributed by atoms with Gasteiger partial charge in [0.2, 0.25) is 5.91 Å². The molecule has 3 aromatic rings. The van der Waals surface area contributed by atoms with Crippen LogP contribution < -0.4 is 16.2 Å². The molecule has 6 nitrogen and oxygen atoms in total. The van der Waals surface area contributed by atoms with Crippen LogP contribution in [0.2, 0.25) is 0 Å². The zero-order valence-corrected chi connectivity index (χ0v) is 14.6. The van der Waals surface area contributed by atoms with Gasteiger partial charge in [-0.25, -0.2) is 0 Å². The lowest BCUT2D eigenvalue weighted by Gasteiger charge is -2.10. The van der Waals surface area contributed by atoms with Crippen LogP contribution in [0.25, 0.3) is 10.9 Å². The second-order valence-electron chi connectivity index (χ2n) is 6.06. The number of carbonyl (C=O) groups excluding carboxylic acids is 2. The van der Waals surface area contributed by atoms with Crippen molar-refractivity contribution in [3.8, 4) is 0 Å². The molecule has 6 heteroatoms. The number of fused-ring (bicyclic) bond motifs is 1. The van der Waals surface area contributed by atoms with E-state index in [0.717, 1.165) is 10.9 Å². The highest BCUT2D eigenvalue weighted by Gasteiger charge is 2.09. The molecule has 0 bridgehead atoms. The minimum Gasteiger partial charge on any atom is -0.343 e. The van der Waals surface area contributed by atoms with Crippen LogP contribution in [0, 0.1) is 13.8 Å². The van der Waals surface area contributed by atoms with Crippen LogP contribution in [0.1, 0.15) is 21.5 Å². The first kappa shape index (κ1) is 17.4. The number of rotatable bonds is 4. The third kappa shape index (κ3) is 3.64. The molecule has 2 aromatic carbocycles. The van der Waals surface area contributed by atoms with Gasteiger partial charge in [-0.3, -0.25) is 14.4 Å². The van der Waals surface area contributed by atoms with E-state index in [1.807, 2.05) is 19.1 Å². The summed E-state index contributed by atoms with van der Waals surface area (Å²) in [5.74, 6) is -0.658. The summed E-state index contributed by atoms with van der Waals surface area (Å²) in [6.45, 7) is 3.53. The summed E-state index contributed by atoms with van der Waals surface area (Å²) in [6, 6.07) is 14.0. The van der Waals surface area contributed by atoms with Crippen LogP contribution in [0.5, 0.6) is 0 Å². The number of benzene rings is 2. The number of aromatic nitrogens is 1. The zero-order chi connectivity index (χ0) is 18.7. The normalized spacial score (nSPS) is 10.5. The number of H-pyrrole nitrogens is 1. The average Bonchev–Trinajstić information content (AvgIpc) is 2.65. The average molecular weight is 349 g/mol. The molecule has 3 N–H and O–H groups in total. The maximum atomic E-state index is 12.1. The van der Waals surface area contributed by atoms with Gasteiger partial charge in [0.1, 0.15) is 0 Å². The summed E-state index contributed by atoms with van der Waals surface area (Å²) in [5, 5.41) is 6.22. The Kier molecular flexibility index (Phi) is 4.84. The van der Waals surface area contributed by atoms with Crippen LogP contribution in [0.3, 0.4) is 0 Å². The van der Waals surface area contributed by atoms with Crippen LogP contribution >= 0.6 is 0 Å². The number of aryl methyl sites for hydroxylation is 1. The molecule has 0 fully saturated rings. The number of anilines is 1. The van der Waals surface area contributed by atoms with E-state index in [-0.39, 0.29) is 23.9 Å². The fourth-order valence-corrected chi connectivity index (χ4v) is 2.70. The van der Waals surface area contributed by atoms with Crippen LogP contribution in [-0.2, 0) is 4.79 Å². The van der Waals surface area contributed by atoms with Gasteiger partial charge in [-0.05, 0) is 43.7 Å². The van der Waals surface area contributed by atoms with Crippen molar-refractivity contribution in [1.29, 1.82) is 0 Å². The van der Waals surface area contributed by atoms with Gasteiger partial charge < -0.3 is 15.6 Å². The van der Waals surface area contributed by atoms with Crippen LogP contribution in [0.4, 0.5) is 5.69 Å². The fourth-order valence-electron chi connectivity index (χ4n) is 2.70. The predicted molar refractivity (Wildman–Crippen MR) is 101 cm³/mol. The Labute approximate surface area is 150 Å². The zero-order valence-electron chi connectivity index (χ0n) is 14.6. The van der Waals surface area contributed by atoms with Crippen molar-refractivity contribution in [1.82, 2.24) is 10.3 Å². The molecular weight excluding hydrogens is 330 g/mol. The molecule has 0 aliphatic carbocycles. The van der Waals surface area contributed by atoms with Crippen molar-refractivity contribution < 1.29 is 9.59 Å². The van der Waals surface area contributed by atoms with E-state index in [2.05, 4.69) is 15.6 Å². The minimum atomic E-state index is -0.347. The molecule has 0 aliphatic heterocycles. The summed E-state index contributed by atoms with van der Waals surface area (Å²) in [5.41, 5.74) is 3.15. The summed E-state index contributed by atoms with van der Waals surface area (Å²) < 4.78 is 0. The molecule has 0 saturated carbocycles. The third-order valence-electron chi connectivity index (χ3n) is 4.30. The van der Waals surface area contributed by atoms with E-state index in [1.165, 1.54) is 0 Å². The van der Waals surface area contributed by atoms with E-state index in [1.54, 1.807) is 43.3 Å². The van der Waals surface area contributed by atoms with Gasteiger partial charge in [0.25, 0.3) is 11.5 Å². The number of amides is 2. The third-order valence-corrected chi connectivity index (χ3v) is 4.30.